The lowest BCUT2D eigenvalue weighted by Crippen LogP contribution is -2.38. The fourth-order valence-corrected chi connectivity index (χ4v) is 3.08. The smallest absolute Gasteiger partial charge is 0.327 e. The second-order valence-electron chi connectivity index (χ2n) is 9.28. The highest BCUT2D eigenvalue weighted by molar-refractivity contribution is 6.02. The van der Waals surface area contributed by atoms with E-state index in [1.807, 2.05) is 50.2 Å². The number of benzene rings is 1. The number of carbonyl (C=O) groups excluding carboxylic acids is 2. The van der Waals surface area contributed by atoms with E-state index in [2.05, 4.69) is 51.5 Å². The van der Waals surface area contributed by atoms with Gasteiger partial charge >= 0.3 is 6.03 Å². The van der Waals surface area contributed by atoms with Crippen LogP contribution in [0, 0.1) is 5.92 Å². The normalized spacial score (nSPS) is 16.2. The predicted octanol–water partition coefficient (Wildman–Crippen LogP) is 6.50. The Kier molecular flexibility index (Phi) is 21.4. The molecule has 0 bridgehead atoms. The van der Waals surface area contributed by atoms with Gasteiger partial charge in [0.25, 0.3) is 12.3 Å². The fourth-order valence-electron chi connectivity index (χ4n) is 3.08. The fraction of sp³-hybridized carbons (Fsp3) is 0.655. The maximum absolute atomic E-state index is 12.0. The molecular weight excluding hydrogens is 474 g/mol. The van der Waals surface area contributed by atoms with Crippen LogP contribution in [0.1, 0.15) is 68.2 Å². The number of rotatable bonds is 6. The highest BCUT2D eigenvalue weighted by Gasteiger charge is 2.38. The van der Waals surface area contributed by atoms with Crippen LogP contribution in [0.25, 0.3) is 0 Å². The number of carbonyl (C=O) groups is 2. The summed E-state index contributed by atoms with van der Waals surface area (Å²) < 4.78 is 24.0. The molecule has 3 amide bonds. The second kappa shape index (κ2) is 21.6. The molecule has 0 radical (unpaired) electrons. The van der Waals surface area contributed by atoms with Crippen molar-refractivity contribution in [2.75, 3.05) is 33.2 Å². The first kappa shape index (κ1) is 36.7. The summed E-state index contributed by atoms with van der Waals surface area (Å²) in [5.74, 6) is 0.383. The number of nitrogens with one attached hydrogen (secondary N) is 1. The molecule has 3 rings (SSSR count). The van der Waals surface area contributed by atoms with Gasteiger partial charge in [-0.15, -0.1) is 0 Å². The molecule has 1 aromatic rings. The predicted molar refractivity (Wildman–Crippen MR) is 152 cm³/mol. The molecule has 2 heterocycles. The number of nitrogens with zero attached hydrogens (tertiary/aromatic N) is 3. The van der Waals surface area contributed by atoms with Gasteiger partial charge in [0, 0.05) is 24.8 Å². The molecule has 8 heteroatoms. The van der Waals surface area contributed by atoms with Crippen LogP contribution >= 0.6 is 0 Å². The number of amides is 3. The van der Waals surface area contributed by atoms with Crippen molar-refractivity contribution >= 4 is 11.9 Å². The lowest BCUT2D eigenvalue weighted by molar-refractivity contribution is -0.126. The molecule has 6 nitrogen and oxygen atoms in total. The van der Waals surface area contributed by atoms with E-state index in [9.17, 15) is 18.4 Å². The molecule has 1 aromatic carbocycles. The number of allylic oxidation sites excluding steroid dienone is 1. The first-order valence-corrected chi connectivity index (χ1v) is 13.4. The highest BCUT2D eigenvalue weighted by atomic mass is 19.3. The Balaban J connectivity index is 0. The third kappa shape index (κ3) is 16.8. The van der Waals surface area contributed by atoms with Crippen molar-refractivity contribution < 1.29 is 18.4 Å². The molecule has 1 N–H and O–H groups in total. The summed E-state index contributed by atoms with van der Waals surface area (Å²) >= 11 is 0. The van der Waals surface area contributed by atoms with Gasteiger partial charge in [-0.3, -0.25) is 9.69 Å². The first-order chi connectivity index (χ1) is 17.4. The van der Waals surface area contributed by atoms with E-state index in [1.165, 1.54) is 30.1 Å². The van der Waals surface area contributed by atoms with E-state index in [-0.39, 0.29) is 12.6 Å². The van der Waals surface area contributed by atoms with E-state index in [1.54, 1.807) is 13.8 Å². The van der Waals surface area contributed by atoms with Gasteiger partial charge in [-0.05, 0) is 59.5 Å². The van der Waals surface area contributed by atoms with E-state index in [4.69, 9.17) is 0 Å². The van der Waals surface area contributed by atoms with Gasteiger partial charge in [0.05, 0.1) is 6.54 Å². The van der Waals surface area contributed by atoms with Crippen molar-refractivity contribution in [3.05, 3.63) is 48.7 Å². The zero-order valence-corrected chi connectivity index (χ0v) is 24.6. The average Bonchev–Trinajstić information content (AvgIpc) is 3.48. The molecule has 214 valence electrons. The summed E-state index contributed by atoms with van der Waals surface area (Å²) in [4.78, 5) is 26.6. The van der Waals surface area contributed by atoms with Gasteiger partial charge in [-0.25, -0.2) is 13.6 Å². The van der Waals surface area contributed by atoms with Crippen LogP contribution in [0.2, 0.25) is 0 Å². The number of hydrogen-bond donors (Lipinski definition) is 1. The summed E-state index contributed by atoms with van der Waals surface area (Å²) in [5.41, 5.74) is 1.21. The molecule has 1 atom stereocenters. The third-order valence-electron chi connectivity index (χ3n) is 5.68. The standard InChI is InChI=1S/C8H12F2N2O2.C8H17N.C6H6.C5H11N.C2H6/c1-5(2)11-4-7(13)12(8(11)14)3-6(9)10;1-6-8(4)9(5)7(2)3;1-2-4-6-5-3-1;1-5-2-3-6-4-5;1-2/h5-6H,3-4H2,1-2H3;7H,4,6H2,1-3,5H3;1-6H;5-6H,2-4H2,1H3;1-2H3. The van der Waals surface area contributed by atoms with Crippen molar-refractivity contribution in [1.82, 2.24) is 20.0 Å². The summed E-state index contributed by atoms with van der Waals surface area (Å²) in [7, 11) is 2.08. The topological polar surface area (TPSA) is 55.9 Å². The van der Waals surface area contributed by atoms with Crippen LogP contribution in [0.3, 0.4) is 0 Å². The van der Waals surface area contributed by atoms with Crippen molar-refractivity contribution in [1.29, 1.82) is 0 Å². The first-order valence-electron chi connectivity index (χ1n) is 13.4. The van der Waals surface area contributed by atoms with Crippen LogP contribution in [0.15, 0.2) is 48.7 Å². The number of urea groups is 1. The lowest BCUT2D eigenvalue weighted by atomic mass is 10.2. The van der Waals surface area contributed by atoms with E-state index < -0.39 is 24.9 Å². The molecule has 0 saturated carbocycles. The molecule has 37 heavy (non-hydrogen) atoms. The van der Waals surface area contributed by atoms with Crippen molar-refractivity contribution in [2.45, 2.75) is 86.7 Å². The molecule has 0 aromatic heterocycles. The minimum Gasteiger partial charge on any atom is -0.376 e. The maximum atomic E-state index is 12.0. The minimum absolute atomic E-state index is 0.0940. The summed E-state index contributed by atoms with van der Waals surface area (Å²) in [5, 5.41) is 3.27. The van der Waals surface area contributed by atoms with Gasteiger partial charge in [0.1, 0.15) is 6.54 Å². The Morgan fingerprint density at radius 3 is 1.78 bits per heavy atom. The Morgan fingerprint density at radius 1 is 1.08 bits per heavy atom. The van der Waals surface area contributed by atoms with Gasteiger partial charge < -0.3 is 15.1 Å². The van der Waals surface area contributed by atoms with Gasteiger partial charge in [0.15, 0.2) is 0 Å². The molecular formula is C29H52F2N4O2. The van der Waals surface area contributed by atoms with Crippen molar-refractivity contribution in [2.24, 2.45) is 5.92 Å². The van der Waals surface area contributed by atoms with Crippen LogP contribution in [-0.2, 0) is 4.79 Å². The Bertz CT molecular complexity index is 697. The van der Waals surface area contributed by atoms with E-state index in [0.717, 1.165) is 12.3 Å². The van der Waals surface area contributed by atoms with Gasteiger partial charge in [-0.1, -0.05) is 70.7 Å². The lowest BCUT2D eigenvalue weighted by Gasteiger charge is -2.24. The molecule has 2 saturated heterocycles. The van der Waals surface area contributed by atoms with Crippen LogP contribution in [0.4, 0.5) is 13.6 Å². The van der Waals surface area contributed by atoms with Crippen LogP contribution in [0.5, 0.6) is 0 Å². The molecule has 0 aliphatic carbocycles. The molecule has 1 unspecified atom stereocenters. The van der Waals surface area contributed by atoms with Gasteiger partial charge in [0.2, 0.25) is 0 Å². The Hall–Kier alpha value is -2.48. The second-order valence-corrected chi connectivity index (χ2v) is 9.28. The van der Waals surface area contributed by atoms with Crippen LogP contribution < -0.4 is 5.32 Å². The van der Waals surface area contributed by atoms with Crippen molar-refractivity contribution in [3.8, 4) is 0 Å². The quantitative estimate of drug-likeness (QED) is 0.430. The number of alkyl halides is 2. The number of halogens is 2. The zero-order chi connectivity index (χ0) is 29.0. The Labute approximate surface area is 225 Å². The maximum Gasteiger partial charge on any atom is 0.327 e. The van der Waals surface area contributed by atoms with Crippen molar-refractivity contribution in [3.63, 3.8) is 0 Å². The molecule has 2 aliphatic rings. The largest absolute Gasteiger partial charge is 0.376 e. The zero-order valence-electron chi connectivity index (χ0n) is 24.6. The van der Waals surface area contributed by atoms with Crippen LogP contribution in [-0.4, -0.2) is 78.4 Å². The molecule has 0 spiro atoms. The average molecular weight is 527 g/mol. The summed E-state index contributed by atoms with van der Waals surface area (Å²) in [6.45, 7) is 21.7. The summed E-state index contributed by atoms with van der Waals surface area (Å²) in [6.07, 6.45) is -0.246. The number of imide groups is 1. The van der Waals surface area contributed by atoms with Gasteiger partial charge in [-0.2, -0.15) is 0 Å². The Morgan fingerprint density at radius 2 is 1.57 bits per heavy atom. The minimum atomic E-state index is -2.67. The van der Waals surface area contributed by atoms with E-state index in [0.29, 0.717) is 10.9 Å². The molecule has 2 aliphatic heterocycles. The highest BCUT2D eigenvalue weighted by Crippen LogP contribution is 2.14. The monoisotopic (exact) mass is 526 g/mol. The number of hydrogen-bond acceptors (Lipinski definition) is 4. The van der Waals surface area contributed by atoms with E-state index >= 15 is 0 Å². The summed E-state index contributed by atoms with van der Waals surface area (Å²) in [6, 6.07) is 11.8. The molecule has 2 fully saturated rings. The third-order valence-corrected chi connectivity index (χ3v) is 5.68. The SMILES string of the molecule is C=C(CC)N(C)C(C)C.CC.CC(C)N1CC(=O)N(CC(F)F)C1=O.CC1CCNC1.c1ccccc1.